The first-order valence-corrected chi connectivity index (χ1v) is 6.08. The summed E-state index contributed by atoms with van der Waals surface area (Å²) in [6.45, 7) is 0. The number of nitrogens with one attached hydrogen (secondary N) is 1. The molecule has 82 valence electrons. The molecule has 1 rings (SSSR count). The van der Waals surface area contributed by atoms with Crippen LogP contribution in [0.4, 0.5) is 0 Å². The largest absolute Gasteiger partial charge is 0.294 e. The topological polar surface area (TPSA) is 55.1 Å². The molecular weight excluding hydrogens is 232 g/mol. The van der Waals surface area contributed by atoms with E-state index < -0.39 is 0 Å². The van der Waals surface area contributed by atoms with Gasteiger partial charge in [-0.05, 0) is 11.6 Å². The van der Waals surface area contributed by atoms with Gasteiger partial charge in [-0.3, -0.25) is 10.2 Å². The fourth-order valence-electron chi connectivity index (χ4n) is 1.03. The first kappa shape index (κ1) is 12.4. The molecule has 0 heterocycles. The molecular formula is C10H13ClN2OS. The van der Waals surface area contributed by atoms with Crippen molar-refractivity contribution in [3.8, 4) is 0 Å². The lowest BCUT2D eigenvalue weighted by Gasteiger charge is -2.03. The molecule has 0 fully saturated rings. The zero-order chi connectivity index (χ0) is 11.1. The van der Waals surface area contributed by atoms with Gasteiger partial charge >= 0.3 is 0 Å². The highest BCUT2D eigenvalue weighted by Gasteiger charge is 2.01. The van der Waals surface area contributed by atoms with E-state index in [-0.39, 0.29) is 5.91 Å². The summed E-state index contributed by atoms with van der Waals surface area (Å²) in [5.74, 6) is 6.38. The van der Waals surface area contributed by atoms with Gasteiger partial charge in [0, 0.05) is 22.9 Å². The highest BCUT2D eigenvalue weighted by Crippen LogP contribution is 2.20. The van der Waals surface area contributed by atoms with E-state index in [1.807, 2.05) is 24.3 Å². The maximum absolute atomic E-state index is 10.8. The van der Waals surface area contributed by atoms with E-state index in [1.165, 1.54) is 0 Å². The van der Waals surface area contributed by atoms with Gasteiger partial charge in [0.25, 0.3) is 0 Å². The SMILES string of the molecule is NNC(=O)CCSCc1ccccc1Cl. The van der Waals surface area contributed by atoms with Crippen molar-refractivity contribution in [3.05, 3.63) is 34.9 Å². The maximum atomic E-state index is 10.8. The second-order valence-electron chi connectivity index (χ2n) is 2.96. The molecule has 0 aliphatic rings. The minimum atomic E-state index is -0.137. The van der Waals surface area contributed by atoms with Crippen LogP contribution in [0.15, 0.2) is 24.3 Å². The van der Waals surface area contributed by atoms with Crippen LogP contribution in [0.5, 0.6) is 0 Å². The number of nitrogens with two attached hydrogens (primary N) is 1. The Morgan fingerprint density at radius 2 is 2.20 bits per heavy atom. The average Bonchev–Trinajstić information content (AvgIpc) is 2.26. The van der Waals surface area contributed by atoms with Crippen molar-refractivity contribution in [2.24, 2.45) is 5.84 Å². The number of hydrogen-bond donors (Lipinski definition) is 2. The summed E-state index contributed by atoms with van der Waals surface area (Å²) in [4.78, 5) is 10.8. The van der Waals surface area contributed by atoms with Crippen molar-refractivity contribution in [3.63, 3.8) is 0 Å². The Morgan fingerprint density at radius 1 is 1.47 bits per heavy atom. The fraction of sp³-hybridized carbons (Fsp3) is 0.300. The third kappa shape index (κ3) is 4.55. The molecule has 0 bridgehead atoms. The van der Waals surface area contributed by atoms with Gasteiger partial charge in [-0.15, -0.1) is 0 Å². The fourth-order valence-corrected chi connectivity index (χ4v) is 2.26. The minimum Gasteiger partial charge on any atom is -0.294 e. The van der Waals surface area contributed by atoms with E-state index in [4.69, 9.17) is 17.4 Å². The molecule has 1 amide bonds. The highest BCUT2D eigenvalue weighted by molar-refractivity contribution is 7.98. The molecule has 0 atom stereocenters. The van der Waals surface area contributed by atoms with Crippen LogP contribution in [0, 0.1) is 0 Å². The molecule has 1 aromatic rings. The quantitative estimate of drug-likeness (QED) is 0.360. The number of hydrogen-bond acceptors (Lipinski definition) is 3. The summed E-state index contributed by atoms with van der Waals surface area (Å²) >= 11 is 7.64. The third-order valence-electron chi connectivity index (χ3n) is 1.85. The zero-order valence-electron chi connectivity index (χ0n) is 8.20. The van der Waals surface area contributed by atoms with Crippen LogP contribution in [-0.4, -0.2) is 11.7 Å². The molecule has 0 aromatic heterocycles. The molecule has 3 nitrogen and oxygen atoms in total. The van der Waals surface area contributed by atoms with Gasteiger partial charge in [-0.2, -0.15) is 11.8 Å². The van der Waals surface area contributed by atoms with E-state index in [9.17, 15) is 4.79 Å². The number of carbonyl (C=O) groups is 1. The van der Waals surface area contributed by atoms with Crippen LogP contribution in [0.2, 0.25) is 5.02 Å². The summed E-state index contributed by atoms with van der Waals surface area (Å²) in [5.41, 5.74) is 3.19. The summed E-state index contributed by atoms with van der Waals surface area (Å²) in [7, 11) is 0. The van der Waals surface area contributed by atoms with Crippen LogP contribution in [0.3, 0.4) is 0 Å². The Hall–Kier alpha value is -0.710. The molecule has 0 aliphatic carbocycles. The van der Waals surface area contributed by atoms with E-state index >= 15 is 0 Å². The smallest absolute Gasteiger partial charge is 0.234 e. The van der Waals surface area contributed by atoms with Gasteiger partial charge in [0.15, 0.2) is 0 Å². The lowest BCUT2D eigenvalue weighted by Crippen LogP contribution is -2.30. The van der Waals surface area contributed by atoms with Crippen LogP contribution in [0.25, 0.3) is 0 Å². The molecule has 3 N–H and O–H groups in total. The molecule has 0 radical (unpaired) electrons. The Kier molecular flexibility index (Phi) is 5.53. The van der Waals surface area contributed by atoms with E-state index in [0.717, 1.165) is 22.1 Å². The van der Waals surface area contributed by atoms with E-state index in [1.54, 1.807) is 11.8 Å². The van der Waals surface area contributed by atoms with Crippen molar-refractivity contribution in [1.29, 1.82) is 0 Å². The molecule has 1 aromatic carbocycles. The maximum Gasteiger partial charge on any atom is 0.234 e. The van der Waals surface area contributed by atoms with Crippen molar-refractivity contribution >= 4 is 29.3 Å². The molecule has 0 unspecified atom stereocenters. The summed E-state index contributed by atoms with van der Waals surface area (Å²) in [5, 5.41) is 0.772. The Labute approximate surface area is 98.3 Å². The predicted molar refractivity (Wildman–Crippen MR) is 64.6 cm³/mol. The van der Waals surface area contributed by atoms with Crippen LogP contribution in [0.1, 0.15) is 12.0 Å². The molecule has 0 aliphatic heterocycles. The summed E-state index contributed by atoms with van der Waals surface area (Å²) < 4.78 is 0. The van der Waals surface area contributed by atoms with Crippen LogP contribution < -0.4 is 11.3 Å². The van der Waals surface area contributed by atoms with Crippen molar-refractivity contribution in [2.75, 3.05) is 5.75 Å². The monoisotopic (exact) mass is 244 g/mol. The standard InChI is InChI=1S/C10H13ClN2OS/c11-9-4-2-1-3-8(9)7-15-6-5-10(14)13-12/h1-4H,5-7,12H2,(H,13,14). The summed E-state index contributed by atoms with van der Waals surface area (Å²) in [6.07, 6.45) is 0.436. The molecule has 0 spiro atoms. The second kappa shape index (κ2) is 6.71. The average molecular weight is 245 g/mol. The minimum absolute atomic E-state index is 0.137. The molecule has 5 heteroatoms. The lowest BCUT2D eigenvalue weighted by molar-refractivity contribution is -0.120. The van der Waals surface area contributed by atoms with E-state index in [2.05, 4.69) is 5.43 Å². The normalized spacial score (nSPS) is 10.0. The van der Waals surface area contributed by atoms with Crippen molar-refractivity contribution < 1.29 is 4.79 Å². The number of carbonyl (C=O) groups excluding carboxylic acids is 1. The first-order valence-electron chi connectivity index (χ1n) is 4.54. The molecule has 15 heavy (non-hydrogen) atoms. The Balaban J connectivity index is 2.26. The molecule has 0 saturated carbocycles. The lowest BCUT2D eigenvalue weighted by atomic mass is 10.2. The number of thioether (sulfide) groups is 1. The molecule has 0 saturated heterocycles. The van der Waals surface area contributed by atoms with Crippen molar-refractivity contribution in [2.45, 2.75) is 12.2 Å². The number of rotatable bonds is 5. The number of hydrazine groups is 1. The van der Waals surface area contributed by atoms with Gasteiger partial charge in [0.1, 0.15) is 0 Å². The van der Waals surface area contributed by atoms with Gasteiger partial charge in [0.2, 0.25) is 5.91 Å². The zero-order valence-corrected chi connectivity index (χ0v) is 9.77. The first-order chi connectivity index (χ1) is 7.24. The summed E-state index contributed by atoms with van der Waals surface area (Å²) in [6, 6.07) is 7.70. The van der Waals surface area contributed by atoms with Gasteiger partial charge < -0.3 is 0 Å². The van der Waals surface area contributed by atoms with E-state index in [0.29, 0.717) is 6.42 Å². The third-order valence-corrected chi connectivity index (χ3v) is 3.23. The number of halogens is 1. The van der Waals surface area contributed by atoms with Crippen LogP contribution >= 0.6 is 23.4 Å². The number of amides is 1. The number of benzene rings is 1. The van der Waals surface area contributed by atoms with Crippen molar-refractivity contribution in [1.82, 2.24) is 5.43 Å². The highest BCUT2D eigenvalue weighted by atomic mass is 35.5. The Bertz CT molecular complexity index is 333. The van der Waals surface area contributed by atoms with Gasteiger partial charge in [0.05, 0.1) is 0 Å². The second-order valence-corrected chi connectivity index (χ2v) is 4.47. The van der Waals surface area contributed by atoms with Gasteiger partial charge in [-0.25, -0.2) is 5.84 Å². The van der Waals surface area contributed by atoms with Crippen LogP contribution in [-0.2, 0) is 10.5 Å². The Morgan fingerprint density at radius 3 is 2.87 bits per heavy atom. The van der Waals surface area contributed by atoms with Gasteiger partial charge in [-0.1, -0.05) is 29.8 Å². The predicted octanol–water partition coefficient (Wildman–Crippen LogP) is 1.95.